The predicted octanol–water partition coefficient (Wildman–Crippen LogP) is 4.09. The largest absolute Gasteiger partial charge is 0.497 e. The second kappa shape index (κ2) is 7.49. The van der Waals surface area contributed by atoms with Gasteiger partial charge in [0.2, 0.25) is 0 Å². The molecule has 0 saturated heterocycles. The molecule has 0 aliphatic rings. The Morgan fingerprint density at radius 1 is 0.826 bits per heavy atom. The first-order chi connectivity index (χ1) is 11.1. The molecule has 0 aromatic heterocycles. The third kappa shape index (κ3) is 4.13. The van der Waals surface area contributed by atoms with E-state index >= 15 is 0 Å². The molecule has 23 heavy (non-hydrogen) atoms. The molecule has 0 bridgehead atoms. The van der Waals surface area contributed by atoms with Gasteiger partial charge in [0.25, 0.3) is 0 Å². The zero-order chi connectivity index (χ0) is 16.8. The van der Waals surface area contributed by atoms with Crippen LogP contribution in [-0.4, -0.2) is 27.1 Å². The minimum Gasteiger partial charge on any atom is -0.497 e. The van der Waals surface area contributed by atoms with Gasteiger partial charge in [0.05, 0.1) is 21.3 Å². The molecule has 120 valence electrons. The van der Waals surface area contributed by atoms with Crippen molar-refractivity contribution in [2.75, 3.05) is 21.3 Å². The van der Waals surface area contributed by atoms with Crippen molar-refractivity contribution in [1.29, 1.82) is 0 Å². The summed E-state index contributed by atoms with van der Waals surface area (Å²) in [5, 5.41) is 0. The highest BCUT2D eigenvalue weighted by Crippen LogP contribution is 2.28. The summed E-state index contributed by atoms with van der Waals surface area (Å²) >= 11 is 0. The topological polar surface area (TPSA) is 44.8 Å². The second-order valence-electron chi connectivity index (χ2n) is 5.00. The molecule has 0 spiro atoms. The smallest absolute Gasteiger partial charge is 0.161 e. The lowest BCUT2D eigenvalue weighted by molar-refractivity contribution is 0.101. The van der Waals surface area contributed by atoms with E-state index in [0.717, 1.165) is 11.1 Å². The number of carbonyl (C=O) groups is 1. The molecule has 2 aromatic rings. The van der Waals surface area contributed by atoms with Crippen molar-refractivity contribution >= 4 is 17.9 Å². The Labute approximate surface area is 136 Å². The van der Waals surface area contributed by atoms with Crippen LogP contribution >= 0.6 is 0 Å². The van der Waals surface area contributed by atoms with E-state index in [0.29, 0.717) is 22.8 Å². The lowest BCUT2D eigenvalue weighted by Crippen LogP contribution is -1.94. The summed E-state index contributed by atoms with van der Waals surface area (Å²) in [4.78, 5) is 11.6. The lowest BCUT2D eigenvalue weighted by Gasteiger charge is -2.08. The highest BCUT2D eigenvalue weighted by Gasteiger charge is 2.05. The van der Waals surface area contributed by atoms with Crippen LogP contribution < -0.4 is 14.2 Å². The normalized spacial score (nSPS) is 10.6. The van der Waals surface area contributed by atoms with Gasteiger partial charge in [-0.3, -0.25) is 4.79 Å². The molecule has 0 atom stereocenters. The zero-order valence-corrected chi connectivity index (χ0v) is 13.8. The average Bonchev–Trinajstić information content (AvgIpc) is 2.59. The molecule has 2 rings (SSSR count). The van der Waals surface area contributed by atoms with Crippen LogP contribution in [0.3, 0.4) is 0 Å². The molecule has 4 nitrogen and oxygen atoms in total. The molecular weight excluding hydrogens is 292 g/mol. The molecule has 0 aliphatic carbocycles. The first-order valence-electron chi connectivity index (χ1n) is 7.17. The molecule has 0 N–H and O–H groups in total. The van der Waals surface area contributed by atoms with Crippen molar-refractivity contribution in [2.24, 2.45) is 0 Å². The molecular formula is C19H20O4. The summed E-state index contributed by atoms with van der Waals surface area (Å²) in [5.74, 6) is 2.02. The minimum absolute atomic E-state index is 0.00432. The SMILES string of the molecule is COc1cc(/C=C\c2ccc(OC)c(OC)c2)cc(C(C)=O)c1. The van der Waals surface area contributed by atoms with Crippen molar-refractivity contribution in [3.8, 4) is 17.2 Å². The van der Waals surface area contributed by atoms with Crippen LogP contribution in [0.15, 0.2) is 36.4 Å². The van der Waals surface area contributed by atoms with E-state index in [2.05, 4.69) is 0 Å². The van der Waals surface area contributed by atoms with Crippen LogP contribution in [0.5, 0.6) is 17.2 Å². The number of rotatable bonds is 6. The summed E-state index contributed by atoms with van der Waals surface area (Å²) in [6.07, 6.45) is 3.87. The molecule has 0 heterocycles. The molecule has 2 aromatic carbocycles. The summed E-state index contributed by atoms with van der Waals surface area (Å²) in [5.41, 5.74) is 2.48. The number of benzene rings is 2. The standard InChI is InChI=1S/C19H20O4/c1-13(20)16-9-15(10-17(12-16)21-2)6-5-14-7-8-18(22-3)19(11-14)23-4/h5-12H,1-4H3/b6-5-. The number of methoxy groups -OCH3 is 3. The van der Waals surface area contributed by atoms with Crippen LogP contribution in [0.25, 0.3) is 12.2 Å². The van der Waals surface area contributed by atoms with Crippen molar-refractivity contribution in [2.45, 2.75) is 6.92 Å². The maximum atomic E-state index is 11.6. The minimum atomic E-state index is 0.00432. The maximum absolute atomic E-state index is 11.6. The maximum Gasteiger partial charge on any atom is 0.161 e. The van der Waals surface area contributed by atoms with Gasteiger partial charge in [-0.1, -0.05) is 18.2 Å². The molecule has 0 saturated carbocycles. The van der Waals surface area contributed by atoms with Crippen molar-refractivity contribution in [1.82, 2.24) is 0 Å². The number of ketones is 1. The lowest BCUT2D eigenvalue weighted by atomic mass is 10.1. The first kappa shape index (κ1) is 16.6. The number of ether oxygens (including phenoxy) is 3. The molecule has 4 heteroatoms. The quantitative estimate of drug-likeness (QED) is 0.595. The molecule has 0 radical (unpaired) electrons. The summed E-state index contributed by atoms with van der Waals surface area (Å²) in [6, 6.07) is 11.1. The van der Waals surface area contributed by atoms with Gasteiger partial charge in [-0.25, -0.2) is 0 Å². The highest BCUT2D eigenvalue weighted by molar-refractivity contribution is 5.95. The van der Waals surface area contributed by atoms with Gasteiger partial charge in [0.1, 0.15) is 5.75 Å². The Balaban J connectivity index is 2.32. The van der Waals surface area contributed by atoms with E-state index in [4.69, 9.17) is 14.2 Å². The Bertz CT molecular complexity index is 732. The zero-order valence-electron chi connectivity index (χ0n) is 13.8. The van der Waals surface area contributed by atoms with E-state index in [1.807, 2.05) is 42.5 Å². The fraction of sp³-hybridized carbons (Fsp3) is 0.211. The van der Waals surface area contributed by atoms with Gasteiger partial charge in [0.15, 0.2) is 17.3 Å². The fourth-order valence-electron chi connectivity index (χ4n) is 2.19. The average molecular weight is 312 g/mol. The molecule has 0 fully saturated rings. The number of Topliss-reactive ketones (excluding diaryl/α,β-unsaturated/α-hetero) is 1. The van der Waals surface area contributed by atoms with Gasteiger partial charge < -0.3 is 14.2 Å². The highest BCUT2D eigenvalue weighted by atomic mass is 16.5. The van der Waals surface area contributed by atoms with Crippen LogP contribution in [-0.2, 0) is 0 Å². The Kier molecular flexibility index (Phi) is 5.41. The van der Waals surface area contributed by atoms with Gasteiger partial charge in [-0.05, 0) is 48.4 Å². The van der Waals surface area contributed by atoms with Crippen molar-refractivity contribution in [3.05, 3.63) is 53.1 Å². The van der Waals surface area contributed by atoms with E-state index in [1.54, 1.807) is 27.4 Å². The monoisotopic (exact) mass is 312 g/mol. The molecule has 0 amide bonds. The van der Waals surface area contributed by atoms with Gasteiger partial charge in [-0.2, -0.15) is 0 Å². The van der Waals surface area contributed by atoms with Gasteiger partial charge in [-0.15, -0.1) is 0 Å². The van der Waals surface area contributed by atoms with E-state index in [-0.39, 0.29) is 5.78 Å². The summed E-state index contributed by atoms with van der Waals surface area (Å²) < 4.78 is 15.8. The van der Waals surface area contributed by atoms with Gasteiger partial charge in [0, 0.05) is 5.56 Å². The first-order valence-corrected chi connectivity index (χ1v) is 7.17. The Morgan fingerprint density at radius 2 is 1.52 bits per heavy atom. The fourth-order valence-corrected chi connectivity index (χ4v) is 2.19. The molecule has 0 unspecified atom stereocenters. The van der Waals surface area contributed by atoms with E-state index in [1.165, 1.54) is 6.92 Å². The van der Waals surface area contributed by atoms with Crippen LogP contribution in [0, 0.1) is 0 Å². The third-order valence-corrected chi connectivity index (χ3v) is 3.45. The van der Waals surface area contributed by atoms with Crippen molar-refractivity contribution in [3.63, 3.8) is 0 Å². The summed E-state index contributed by atoms with van der Waals surface area (Å²) in [6.45, 7) is 1.54. The van der Waals surface area contributed by atoms with Crippen LogP contribution in [0.2, 0.25) is 0 Å². The van der Waals surface area contributed by atoms with E-state index < -0.39 is 0 Å². The Hall–Kier alpha value is -2.75. The number of carbonyl (C=O) groups excluding carboxylic acids is 1. The van der Waals surface area contributed by atoms with Crippen LogP contribution in [0.1, 0.15) is 28.4 Å². The van der Waals surface area contributed by atoms with Crippen molar-refractivity contribution < 1.29 is 19.0 Å². The third-order valence-electron chi connectivity index (χ3n) is 3.45. The van der Waals surface area contributed by atoms with Crippen LogP contribution in [0.4, 0.5) is 0 Å². The van der Waals surface area contributed by atoms with Gasteiger partial charge >= 0.3 is 0 Å². The summed E-state index contributed by atoms with van der Waals surface area (Å²) in [7, 11) is 4.79. The van der Waals surface area contributed by atoms with E-state index in [9.17, 15) is 4.79 Å². The Morgan fingerprint density at radius 3 is 2.13 bits per heavy atom. The number of hydrogen-bond donors (Lipinski definition) is 0. The second-order valence-corrected chi connectivity index (χ2v) is 5.00. The molecule has 0 aliphatic heterocycles. The predicted molar refractivity (Wildman–Crippen MR) is 91.5 cm³/mol. The number of hydrogen-bond acceptors (Lipinski definition) is 4.